The number of nitrogens with one attached hydrogen (secondary N) is 2. The molecule has 7 heteroatoms. The molecule has 2 rings (SSSR count). The molecule has 0 radical (unpaired) electrons. The number of rotatable bonds is 5. The minimum atomic E-state index is -0.970. The fraction of sp³-hybridized carbons (Fsp3) is 0.545. The Kier molecular flexibility index (Phi) is 3.50. The Morgan fingerprint density at radius 1 is 1.67 bits per heavy atom. The Hall–Kier alpha value is -2.05. The van der Waals surface area contributed by atoms with Crippen LogP contribution in [0.3, 0.4) is 0 Å². The van der Waals surface area contributed by atoms with E-state index in [1.165, 1.54) is 4.90 Å². The van der Waals surface area contributed by atoms with Gasteiger partial charge in [-0.2, -0.15) is 5.10 Å². The largest absolute Gasteiger partial charge is 0.480 e. The number of amides is 2. The maximum Gasteiger partial charge on any atom is 0.326 e. The fourth-order valence-corrected chi connectivity index (χ4v) is 1.76. The van der Waals surface area contributed by atoms with E-state index in [1.807, 2.05) is 0 Å². The SMILES string of the molecule is CN(Cc1cn[nH]c1)C(=O)NC(C(=O)O)C1CC1. The van der Waals surface area contributed by atoms with Gasteiger partial charge in [0.2, 0.25) is 0 Å². The molecule has 7 nitrogen and oxygen atoms in total. The quantitative estimate of drug-likeness (QED) is 0.707. The maximum absolute atomic E-state index is 11.8. The molecule has 0 saturated heterocycles. The average molecular weight is 252 g/mol. The van der Waals surface area contributed by atoms with Gasteiger partial charge in [0.25, 0.3) is 0 Å². The molecular weight excluding hydrogens is 236 g/mol. The minimum absolute atomic E-state index is 0.0776. The zero-order valence-corrected chi connectivity index (χ0v) is 10.1. The number of hydrogen-bond donors (Lipinski definition) is 3. The van der Waals surface area contributed by atoms with E-state index in [2.05, 4.69) is 15.5 Å². The molecule has 98 valence electrons. The van der Waals surface area contributed by atoms with E-state index in [1.54, 1.807) is 19.4 Å². The van der Waals surface area contributed by atoms with Gasteiger partial charge in [-0.1, -0.05) is 0 Å². The van der Waals surface area contributed by atoms with E-state index in [0.29, 0.717) is 6.54 Å². The van der Waals surface area contributed by atoms with E-state index < -0.39 is 12.0 Å². The Morgan fingerprint density at radius 3 is 2.89 bits per heavy atom. The summed E-state index contributed by atoms with van der Waals surface area (Å²) in [4.78, 5) is 24.3. The number of aliphatic carboxylic acids is 1. The molecule has 1 aromatic heterocycles. The maximum atomic E-state index is 11.8. The predicted molar refractivity (Wildman–Crippen MR) is 62.7 cm³/mol. The van der Waals surface area contributed by atoms with Crippen molar-refractivity contribution in [1.29, 1.82) is 0 Å². The van der Waals surface area contributed by atoms with Crippen molar-refractivity contribution in [2.24, 2.45) is 5.92 Å². The van der Waals surface area contributed by atoms with E-state index in [9.17, 15) is 9.59 Å². The minimum Gasteiger partial charge on any atom is -0.480 e. The highest BCUT2D eigenvalue weighted by Gasteiger charge is 2.37. The number of hydrogen-bond acceptors (Lipinski definition) is 3. The average Bonchev–Trinajstić information content (AvgIpc) is 3.03. The van der Waals surface area contributed by atoms with Crippen LogP contribution < -0.4 is 5.32 Å². The van der Waals surface area contributed by atoms with Gasteiger partial charge >= 0.3 is 12.0 Å². The smallest absolute Gasteiger partial charge is 0.326 e. The van der Waals surface area contributed by atoms with Gasteiger partial charge in [-0.15, -0.1) is 0 Å². The lowest BCUT2D eigenvalue weighted by Crippen LogP contribution is -2.47. The fourth-order valence-electron chi connectivity index (χ4n) is 1.76. The zero-order chi connectivity index (χ0) is 13.1. The zero-order valence-electron chi connectivity index (χ0n) is 10.1. The first kappa shape index (κ1) is 12.4. The summed E-state index contributed by atoms with van der Waals surface area (Å²) in [5.41, 5.74) is 0.867. The molecule has 3 N–H and O–H groups in total. The first-order valence-corrected chi connectivity index (χ1v) is 5.80. The van der Waals surface area contributed by atoms with Crippen LogP contribution in [0.5, 0.6) is 0 Å². The first-order chi connectivity index (χ1) is 8.58. The lowest BCUT2D eigenvalue weighted by atomic mass is 10.2. The molecule has 0 aliphatic heterocycles. The molecule has 1 fully saturated rings. The van der Waals surface area contributed by atoms with Crippen LogP contribution in [0.15, 0.2) is 12.4 Å². The summed E-state index contributed by atoms with van der Waals surface area (Å²) < 4.78 is 0. The summed E-state index contributed by atoms with van der Waals surface area (Å²) in [6.07, 6.45) is 5.05. The topological polar surface area (TPSA) is 98.3 Å². The van der Waals surface area contributed by atoms with E-state index in [4.69, 9.17) is 5.11 Å². The van der Waals surface area contributed by atoms with Crippen molar-refractivity contribution in [3.05, 3.63) is 18.0 Å². The molecule has 2 amide bonds. The molecule has 1 heterocycles. The summed E-state index contributed by atoms with van der Waals surface area (Å²) in [5, 5.41) is 18.0. The summed E-state index contributed by atoms with van der Waals surface area (Å²) >= 11 is 0. The molecule has 0 bridgehead atoms. The van der Waals surface area contributed by atoms with Crippen molar-refractivity contribution in [3.63, 3.8) is 0 Å². The van der Waals surface area contributed by atoms with Gasteiger partial charge in [-0.05, 0) is 18.8 Å². The van der Waals surface area contributed by atoms with Crippen LogP contribution in [0.4, 0.5) is 4.79 Å². The summed E-state index contributed by atoms with van der Waals surface area (Å²) in [5.74, 6) is -0.892. The monoisotopic (exact) mass is 252 g/mol. The Bertz CT molecular complexity index is 428. The van der Waals surface area contributed by atoms with Crippen LogP contribution in [0.1, 0.15) is 18.4 Å². The molecule has 1 atom stereocenters. The second kappa shape index (κ2) is 5.07. The van der Waals surface area contributed by atoms with Crippen molar-refractivity contribution in [2.45, 2.75) is 25.4 Å². The number of carboxylic acids is 1. The summed E-state index contributed by atoms with van der Waals surface area (Å²) in [6.45, 7) is 0.388. The Balaban J connectivity index is 1.88. The van der Waals surface area contributed by atoms with Crippen molar-refractivity contribution >= 4 is 12.0 Å². The molecule has 0 aromatic carbocycles. The van der Waals surface area contributed by atoms with Gasteiger partial charge in [0.15, 0.2) is 0 Å². The van der Waals surface area contributed by atoms with Crippen LogP contribution in [-0.4, -0.2) is 45.3 Å². The van der Waals surface area contributed by atoms with E-state index in [-0.39, 0.29) is 11.9 Å². The second-order valence-electron chi connectivity index (χ2n) is 4.57. The Morgan fingerprint density at radius 2 is 2.39 bits per heavy atom. The molecular formula is C11H16N4O3. The van der Waals surface area contributed by atoms with Crippen LogP contribution in [-0.2, 0) is 11.3 Å². The van der Waals surface area contributed by atoms with Crippen molar-refractivity contribution < 1.29 is 14.7 Å². The number of nitrogens with zero attached hydrogens (tertiary/aromatic N) is 2. The normalized spacial score (nSPS) is 16.1. The molecule has 1 saturated carbocycles. The number of carboxylic acid groups (broad SMARTS) is 1. The lowest BCUT2D eigenvalue weighted by Gasteiger charge is -2.20. The number of urea groups is 1. The third kappa shape index (κ3) is 2.99. The van der Waals surface area contributed by atoms with Gasteiger partial charge in [-0.3, -0.25) is 5.10 Å². The molecule has 1 unspecified atom stereocenters. The van der Waals surface area contributed by atoms with Crippen molar-refractivity contribution in [1.82, 2.24) is 20.4 Å². The van der Waals surface area contributed by atoms with Gasteiger partial charge in [0.05, 0.1) is 12.7 Å². The van der Waals surface area contributed by atoms with Gasteiger partial charge in [0, 0.05) is 18.8 Å². The van der Waals surface area contributed by atoms with Crippen molar-refractivity contribution in [3.8, 4) is 0 Å². The summed E-state index contributed by atoms with van der Waals surface area (Å²) in [6, 6.07) is -1.15. The Labute approximate surface area is 104 Å². The summed E-state index contributed by atoms with van der Waals surface area (Å²) in [7, 11) is 1.62. The molecule has 1 aromatic rings. The second-order valence-corrected chi connectivity index (χ2v) is 4.57. The third-order valence-electron chi connectivity index (χ3n) is 2.96. The highest BCUT2D eigenvalue weighted by molar-refractivity contribution is 5.83. The number of aromatic nitrogens is 2. The molecule has 0 spiro atoms. The predicted octanol–water partition coefficient (Wildman–Crippen LogP) is 0.414. The van der Waals surface area contributed by atoms with Crippen LogP contribution in [0, 0.1) is 5.92 Å². The van der Waals surface area contributed by atoms with Crippen molar-refractivity contribution in [2.75, 3.05) is 7.05 Å². The lowest BCUT2D eigenvalue weighted by molar-refractivity contribution is -0.139. The van der Waals surface area contributed by atoms with Crippen LogP contribution >= 0.6 is 0 Å². The van der Waals surface area contributed by atoms with E-state index in [0.717, 1.165) is 18.4 Å². The first-order valence-electron chi connectivity index (χ1n) is 5.80. The molecule has 18 heavy (non-hydrogen) atoms. The van der Waals surface area contributed by atoms with Crippen LogP contribution in [0.25, 0.3) is 0 Å². The van der Waals surface area contributed by atoms with E-state index >= 15 is 0 Å². The highest BCUT2D eigenvalue weighted by Crippen LogP contribution is 2.32. The highest BCUT2D eigenvalue weighted by atomic mass is 16.4. The molecule has 1 aliphatic rings. The number of H-pyrrole nitrogens is 1. The number of carbonyl (C=O) groups excluding carboxylic acids is 1. The van der Waals surface area contributed by atoms with Gasteiger partial charge in [-0.25, -0.2) is 9.59 Å². The standard InChI is InChI=1S/C11H16N4O3/c1-15(6-7-4-12-13-5-7)11(18)14-9(10(16)17)8-2-3-8/h4-5,8-9H,2-3,6H2,1H3,(H,12,13)(H,14,18)(H,16,17). The number of carbonyl (C=O) groups is 2. The molecule has 1 aliphatic carbocycles. The third-order valence-corrected chi connectivity index (χ3v) is 2.96. The van der Waals surface area contributed by atoms with Gasteiger partial charge in [0.1, 0.15) is 6.04 Å². The van der Waals surface area contributed by atoms with Crippen LogP contribution in [0.2, 0.25) is 0 Å². The van der Waals surface area contributed by atoms with Gasteiger partial charge < -0.3 is 15.3 Å². The number of aromatic amines is 1.